The normalized spacial score (nSPS) is 15.5. The third kappa shape index (κ3) is 6.51. The molecule has 1 amide bonds. The molecular formula is C33H40N4O2. The van der Waals surface area contributed by atoms with Crippen molar-refractivity contribution in [1.29, 1.82) is 0 Å². The Bertz CT molecular complexity index is 1360. The van der Waals surface area contributed by atoms with E-state index in [1.54, 1.807) is 7.11 Å². The second-order valence-corrected chi connectivity index (χ2v) is 10.5. The highest BCUT2D eigenvalue weighted by molar-refractivity contribution is 5.81. The van der Waals surface area contributed by atoms with Gasteiger partial charge in [-0.2, -0.15) is 0 Å². The average Bonchev–Trinajstić information content (AvgIpc) is 3.36. The Morgan fingerprint density at radius 2 is 1.87 bits per heavy atom. The number of pyridine rings is 1. The molecule has 3 heterocycles. The number of fused-ring (bicyclic) bond motifs is 1. The molecule has 1 unspecified atom stereocenters. The van der Waals surface area contributed by atoms with Crippen LogP contribution in [0.2, 0.25) is 0 Å². The zero-order valence-corrected chi connectivity index (χ0v) is 23.2. The maximum Gasteiger partial charge on any atom is 0.222 e. The first-order chi connectivity index (χ1) is 19.2. The largest absolute Gasteiger partial charge is 0.385 e. The van der Waals surface area contributed by atoms with Crippen LogP contribution in [-0.4, -0.2) is 54.2 Å². The number of hydrogen-bond acceptors (Lipinski definition) is 4. The van der Waals surface area contributed by atoms with Gasteiger partial charge in [0.1, 0.15) is 5.82 Å². The van der Waals surface area contributed by atoms with Gasteiger partial charge in [-0.15, -0.1) is 0 Å². The van der Waals surface area contributed by atoms with Crippen molar-refractivity contribution < 1.29 is 9.53 Å². The summed E-state index contributed by atoms with van der Waals surface area (Å²) in [6, 6.07) is 23.7. The molecule has 0 bridgehead atoms. The van der Waals surface area contributed by atoms with Crippen molar-refractivity contribution in [2.75, 3.05) is 39.2 Å². The van der Waals surface area contributed by atoms with E-state index >= 15 is 0 Å². The Kier molecular flexibility index (Phi) is 8.94. The van der Waals surface area contributed by atoms with Crippen LogP contribution in [0.15, 0.2) is 72.9 Å². The van der Waals surface area contributed by atoms with Crippen LogP contribution in [-0.2, 0) is 22.5 Å². The van der Waals surface area contributed by atoms with Crippen LogP contribution in [0.4, 0.5) is 5.82 Å². The first-order valence-electron chi connectivity index (χ1n) is 14.2. The van der Waals surface area contributed by atoms with Gasteiger partial charge in [-0.1, -0.05) is 42.5 Å². The minimum atomic E-state index is 0.286. The number of anilines is 1. The summed E-state index contributed by atoms with van der Waals surface area (Å²) in [6.07, 6.45) is 7.44. The Hall–Kier alpha value is -3.64. The number of hydrogen-bond donors (Lipinski definition) is 1. The average molecular weight is 525 g/mol. The number of ether oxygens (including phenoxy) is 1. The Morgan fingerprint density at radius 3 is 2.64 bits per heavy atom. The van der Waals surface area contributed by atoms with Crippen molar-refractivity contribution >= 4 is 22.6 Å². The number of likely N-dealkylation sites (tertiary alicyclic amines) is 1. The molecule has 6 heteroatoms. The van der Waals surface area contributed by atoms with Gasteiger partial charge >= 0.3 is 0 Å². The predicted octanol–water partition coefficient (Wildman–Crippen LogP) is 6.51. The van der Waals surface area contributed by atoms with E-state index in [1.807, 2.05) is 19.3 Å². The van der Waals surface area contributed by atoms with E-state index in [1.165, 1.54) is 22.2 Å². The molecule has 1 fully saturated rings. The van der Waals surface area contributed by atoms with Crippen LogP contribution in [0.1, 0.15) is 49.3 Å². The molecule has 0 radical (unpaired) electrons. The van der Waals surface area contributed by atoms with Gasteiger partial charge in [0.25, 0.3) is 0 Å². The van der Waals surface area contributed by atoms with E-state index in [0.717, 1.165) is 75.3 Å². The first kappa shape index (κ1) is 26.9. The van der Waals surface area contributed by atoms with E-state index in [9.17, 15) is 4.79 Å². The van der Waals surface area contributed by atoms with Gasteiger partial charge in [-0.05, 0) is 72.9 Å². The fourth-order valence-corrected chi connectivity index (χ4v) is 5.81. The molecule has 39 heavy (non-hydrogen) atoms. The number of methoxy groups -OCH3 is 1. The lowest BCUT2D eigenvalue weighted by Crippen LogP contribution is -2.39. The van der Waals surface area contributed by atoms with Crippen molar-refractivity contribution in [3.05, 3.63) is 84.2 Å². The van der Waals surface area contributed by atoms with E-state index in [-0.39, 0.29) is 5.91 Å². The summed E-state index contributed by atoms with van der Waals surface area (Å²) in [6.45, 7) is 3.38. The number of aryl methyl sites for hydroxylation is 2. The number of rotatable bonds is 11. The van der Waals surface area contributed by atoms with Crippen molar-refractivity contribution in [3.63, 3.8) is 0 Å². The van der Waals surface area contributed by atoms with Gasteiger partial charge in [0.2, 0.25) is 5.91 Å². The summed E-state index contributed by atoms with van der Waals surface area (Å²) in [5.41, 5.74) is 6.17. The zero-order chi connectivity index (χ0) is 27.0. The maximum absolute atomic E-state index is 13.2. The summed E-state index contributed by atoms with van der Waals surface area (Å²) in [7, 11) is 3.63. The lowest BCUT2D eigenvalue weighted by atomic mass is 9.94. The molecule has 1 aliphatic heterocycles. The molecular weight excluding hydrogens is 484 g/mol. The summed E-state index contributed by atoms with van der Waals surface area (Å²) in [5, 5.41) is 4.33. The van der Waals surface area contributed by atoms with E-state index < -0.39 is 0 Å². The van der Waals surface area contributed by atoms with Crippen LogP contribution in [0, 0.1) is 0 Å². The molecule has 0 aliphatic carbocycles. The summed E-state index contributed by atoms with van der Waals surface area (Å²) >= 11 is 0. The number of amides is 1. The lowest BCUT2D eigenvalue weighted by molar-refractivity contribution is -0.132. The van der Waals surface area contributed by atoms with Crippen LogP contribution in [0.3, 0.4) is 0 Å². The third-order valence-electron chi connectivity index (χ3n) is 7.93. The van der Waals surface area contributed by atoms with Crippen molar-refractivity contribution in [2.24, 2.45) is 0 Å². The molecule has 2 aromatic heterocycles. The first-order valence-corrected chi connectivity index (χ1v) is 14.2. The van der Waals surface area contributed by atoms with E-state index in [4.69, 9.17) is 4.74 Å². The number of benzene rings is 2. The standard InChI is InChI=1S/C33H40N4O2/c1-34-32-18-17-28(23-35-32)26-15-13-25(14-16-26)8-5-12-33(38)36-19-6-10-29(24-36)31-22-27-9-3-4-11-30(27)37(31)20-7-21-39-2/h3-4,9,11,13-18,22-23,29H,5-8,10,12,19-21,24H2,1-2H3,(H,34,35). The molecule has 204 valence electrons. The molecule has 1 N–H and O–H groups in total. The van der Waals surface area contributed by atoms with Gasteiger partial charge in [-0.25, -0.2) is 4.98 Å². The summed E-state index contributed by atoms with van der Waals surface area (Å²) in [4.78, 5) is 19.7. The number of aromatic nitrogens is 2. The number of piperidine rings is 1. The monoisotopic (exact) mass is 524 g/mol. The molecule has 0 saturated carbocycles. The zero-order valence-electron chi connectivity index (χ0n) is 23.2. The molecule has 6 nitrogen and oxygen atoms in total. The highest BCUT2D eigenvalue weighted by Crippen LogP contribution is 2.32. The predicted molar refractivity (Wildman–Crippen MR) is 159 cm³/mol. The van der Waals surface area contributed by atoms with Gasteiger partial charge in [0.05, 0.1) is 0 Å². The molecule has 5 rings (SSSR count). The van der Waals surface area contributed by atoms with Crippen LogP contribution < -0.4 is 5.32 Å². The number of nitrogens with one attached hydrogen (secondary N) is 1. The number of carbonyl (C=O) groups is 1. The Morgan fingerprint density at radius 1 is 1.05 bits per heavy atom. The lowest BCUT2D eigenvalue weighted by Gasteiger charge is -2.33. The fraction of sp³-hybridized carbons (Fsp3) is 0.394. The quantitative estimate of drug-likeness (QED) is 0.227. The molecule has 1 aliphatic rings. The minimum absolute atomic E-state index is 0.286. The third-order valence-corrected chi connectivity index (χ3v) is 7.93. The van der Waals surface area contributed by atoms with Crippen molar-refractivity contribution in [2.45, 2.75) is 51.0 Å². The molecule has 1 saturated heterocycles. The minimum Gasteiger partial charge on any atom is -0.385 e. The van der Waals surface area contributed by atoms with Gasteiger partial charge in [0.15, 0.2) is 0 Å². The second-order valence-electron chi connectivity index (χ2n) is 10.5. The highest BCUT2D eigenvalue weighted by atomic mass is 16.5. The molecule has 2 aromatic carbocycles. The number of carbonyl (C=O) groups excluding carboxylic acids is 1. The SMILES string of the molecule is CNc1ccc(-c2ccc(CCCC(=O)N3CCCC(c4cc5ccccc5n4CCCOC)C3)cc2)cn1. The summed E-state index contributed by atoms with van der Waals surface area (Å²) in [5.74, 6) is 1.53. The number of para-hydroxylation sites is 1. The molecule has 1 atom stereocenters. The van der Waals surface area contributed by atoms with Gasteiger partial charge < -0.3 is 19.5 Å². The van der Waals surface area contributed by atoms with Crippen molar-refractivity contribution in [3.8, 4) is 11.1 Å². The Balaban J connectivity index is 1.17. The fourth-order valence-electron chi connectivity index (χ4n) is 5.81. The second kappa shape index (κ2) is 12.9. The maximum atomic E-state index is 13.2. The number of nitrogens with zero attached hydrogens (tertiary/aromatic N) is 3. The van der Waals surface area contributed by atoms with Crippen LogP contribution >= 0.6 is 0 Å². The Labute approximate surface area is 232 Å². The van der Waals surface area contributed by atoms with Crippen LogP contribution in [0.5, 0.6) is 0 Å². The van der Waals surface area contributed by atoms with E-state index in [2.05, 4.69) is 80.4 Å². The van der Waals surface area contributed by atoms with Crippen LogP contribution in [0.25, 0.3) is 22.0 Å². The van der Waals surface area contributed by atoms with Crippen molar-refractivity contribution in [1.82, 2.24) is 14.5 Å². The smallest absolute Gasteiger partial charge is 0.222 e. The van der Waals surface area contributed by atoms with Gasteiger partial charge in [-0.3, -0.25) is 4.79 Å². The molecule has 0 spiro atoms. The topological polar surface area (TPSA) is 59.4 Å². The highest BCUT2D eigenvalue weighted by Gasteiger charge is 2.27. The molecule has 4 aromatic rings. The van der Waals surface area contributed by atoms with Gasteiger partial charge in [0, 0.05) is 75.7 Å². The van der Waals surface area contributed by atoms with E-state index in [0.29, 0.717) is 12.3 Å². The summed E-state index contributed by atoms with van der Waals surface area (Å²) < 4.78 is 7.78.